The molecule has 0 amide bonds. The molecule has 0 aromatic heterocycles. The topological polar surface area (TPSA) is 82.1 Å². The Morgan fingerprint density at radius 1 is 1.36 bits per heavy atom. The molecule has 1 fully saturated rings. The van der Waals surface area contributed by atoms with Crippen LogP contribution in [0.4, 0.5) is 0 Å². The van der Waals surface area contributed by atoms with E-state index in [4.69, 9.17) is 14.2 Å². The maximum atomic E-state index is 11.7. The van der Waals surface area contributed by atoms with Crippen LogP contribution in [-0.4, -0.2) is 35.5 Å². The second-order valence-corrected chi connectivity index (χ2v) is 5.63. The van der Waals surface area contributed by atoms with Crippen molar-refractivity contribution in [2.45, 2.75) is 38.8 Å². The first-order valence-electron chi connectivity index (χ1n) is 7.14. The van der Waals surface area contributed by atoms with E-state index in [9.17, 15) is 14.7 Å². The summed E-state index contributed by atoms with van der Waals surface area (Å²) in [6.45, 7) is 3.78. The quantitative estimate of drug-likeness (QED) is 0.612. The standard InChI is InChI=1S/C16H20O6/c1-16(2)21-13(15(19)22-16)12(14(17)18)8-9-20-10-11-6-4-3-5-7-11/h3-7,12-13H,8-10H2,1-2H3,(H,17,18)/t12-,13?/m0/s1. The highest BCUT2D eigenvalue weighted by molar-refractivity contribution is 5.84. The summed E-state index contributed by atoms with van der Waals surface area (Å²) >= 11 is 0. The summed E-state index contributed by atoms with van der Waals surface area (Å²) in [5, 5.41) is 9.29. The van der Waals surface area contributed by atoms with E-state index < -0.39 is 29.7 Å². The normalized spacial score (nSPS) is 21.4. The fraction of sp³-hybridized carbons (Fsp3) is 0.500. The minimum absolute atomic E-state index is 0.179. The fourth-order valence-corrected chi connectivity index (χ4v) is 2.30. The van der Waals surface area contributed by atoms with Gasteiger partial charge in [-0.1, -0.05) is 30.3 Å². The number of aliphatic carboxylic acids is 1. The van der Waals surface area contributed by atoms with E-state index in [1.807, 2.05) is 30.3 Å². The van der Waals surface area contributed by atoms with Gasteiger partial charge in [-0.3, -0.25) is 4.79 Å². The van der Waals surface area contributed by atoms with E-state index >= 15 is 0 Å². The molecule has 1 aliphatic rings. The van der Waals surface area contributed by atoms with Crippen molar-refractivity contribution in [1.82, 2.24) is 0 Å². The smallest absolute Gasteiger partial charge is 0.338 e. The molecule has 1 saturated heterocycles. The van der Waals surface area contributed by atoms with Gasteiger partial charge in [0.05, 0.1) is 12.5 Å². The number of benzene rings is 1. The van der Waals surface area contributed by atoms with Crippen LogP contribution < -0.4 is 0 Å². The molecule has 1 heterocycles. The first-order chi connectivity index (χ1) is 10.4. The second-order valence-electron chi connectivity index (χ2n) is 5.63. The Morgan fingerprint density at radius 3 is 2.59 bits per heavy atom. The number of ether oxygens (including phenoxy) is 3. The zero-order chi connectivity index (χ0) is 16.2. The lowest BCUT2D eigenvalue weighted by Gasteiger charge is -2.19. The van der Waals surface area contributed by atoms with Crippen molar-refractivity contribution in [2.75, 3.05) is 6.61 Å². The van der Waals surface area contributed by atoms with Gasteiger partial charge in [-0.05, 0) is 12.0 Å². The first kappa shape index (κ1) is 16.5. The predicted octanol–water partition coefficient (Wildman–Crippen LogP) is 1.97. The van der Waals surface area contributed by atoms with Crippen LogP contribution >= 0.6 is 0 Å². The highest BCUT2D eigenvalue weighted by Gasteiger charge is 2.47. The number of hydrogen-bond acceptors (Lipinski definition) is 5. The molecule has 0 aliphatic carbocycles. The monoisotopic (exact) mass is 308 g/mol. The fourth-order valence-electron chi connectivity index (χ4n) is 2.30. The zero-order valence-electron chi connectivity index (χ0n) is 12.7. The summed E-state index contributed by atoms with van der Waals surface area (Å²) in [4.78, 5) is 23.1. The molecule has 2 atom stereocenters. The number of carbonyl (C=O) groups excluding carboxylic acids is 1. The lowest BCUT2D eigenvalue weighted by atomic mass is 9.99. The summed E-state index contributed by atoms with van der Waals surface area (Å²) < 4.78 is 15.9. The third-order valence-corrected chi connectivity index (χ3v) is 3.36. The molecular formula is C16H20O6. The molecule has 6 nitrogen and oxygen atoms in total. The molecule has 0 bridgehead atoms. The number of carbonyl (C=O) groups is 2. The number of cyclic esters (lactones) is 1. The average Bonchev–Trinajstić information content (AvgIpc) is 2.72. The summed E-state index contributed by atoms with van der Waals surface area (Å²) in [5.74, 6) is -3.80. The molecular weight excluding hydrogens is 288 g/mol. The van der Waals surface area contributed by atoms with Gasteiger partial charge in [0.1, 0.15) is 0 Å². The second kappa shape index (κ2) is 6.89. The molecule has 2 rings (SSSR count). The third-order valence-electron chi connectivity index (χ3n) is 3.36. The maximum Gasteiger partial charge on any atom is 0.338 e. The van der Waals surface area contributed by atoms with Crippen LogP contribution in [0.5, 0.6) is 0 Å². The van der Waals surface area contributed by atoms with Crippen LogP contribution in [0.1, 0.15) is 25.8 Å². The van der Waals surface area contributed by atoms with Gasteiger partial charge in [-0.25, -0.2) is 4.79 Å². The number of rotatable bonds is 7. The number of carboxylic acid groups (broad SMARTS) is 1. The SMILES string of the molecule is CC1(C)OC(=O)C([C@H](CCOCc2ccccc2)C(=O)O)O1. The highest BCUT2D eigenvalue weighted by atomic mass is 16.8. The predicted molar refractivity (Wildman–Crippen MR) is 76.9 cm³/mol. The lowest BCUT2D eigenvalue weighted by molar-refractivity contribution is -0.164. The van der Waals surface area contributed by atoms with E-state index in [0.717, 1.165) is 5.56 Å². The Kier molecular flexibility index (Phi) is 5.15. The summed E-state index contributed by atoms with van der Waals surface area (Å²) in [5.41, 5.74) is 1.01. The van der Waals surface area contributed by atoms with Crippen molar-refractivity contribution >= 4 is 11.9 Å². The van der Waals surface area contributed by atoms with E-state index in [-0.39, 0.29) is 13.0 Å². The molecule has 1 aromatic carbocycles. The molecule has 0 saturated carbocycles. The van der Waals surface area contributed by atoms with Crippen molar-refractivity contribution in [1.29, 1.82) is 0 Å². The Hall–Kier alpha value is -1.92. The van der Waals surface area contributed by atoms with Crippen molar-refractivity contribution < 1.29 is 28.9 Å². The van der Waals surface area contributed by atoms with Crippen molar-refractivity contribution in [3.05, 3.63) is 35.9 Å². The van der Waals surface area contributed by atoms with Gasteiger partial charge in [0.15, 0.2) is 6.10 Å². The van der Waals surface area contributed by atoms with Gasteiger partial charge in [-0.15, -0.1) is 0 Å². The summed E-state index contributed by atoms with van der Waals surface area (Å²) in [6.07, 6.45) is -0.911. The molecule has 1 unspecified atom stereocenters. The zero-order valence-corrected chi connectivity index (χ0v) is 12.7. The Bertz CT molecular complexity index is 525. The van der Waals surface area contributed by atoms with Crippen molar-refractivity contribution in [3.8, 4) is 0 Å². The molecule has 1 aromatic rings. The Labute approximate surface area is 129 Å². The van der Waals surface area contributed by atoms with Gasteiger partial charge < -0.3 is 19.3 Å². The minimum atomic E-state index is -1.09. The van der Waals surface area contributed by atoms with Crippen LogP contribution in [0.15, 0.2) is 30.3 Å². The molecule has 1 aliphatic heterocycles. The Balaban J connectivity index is 1.85. The molecule has 1 N–H and O–H groups in total. The van der Waals surface area contributed by atoms with Gasteiger partial charge in [0.2, 0.25) is 5.79 Å². The molecule has 120 valence electrons. The summed E-state index contributed by atoms with van der Waals surface area (Å²) in [7, 11) is 0. The summed E-state index contributed by atoms with van der Waals surface area (Å²) in [6, 6.07) is 9.57. The minimum Gasteiger partial charge on any atom is -0.481 e. The van der Waals surface area contributed by atoms with Crippen LogP contribution in [0, 0.1) is 5.92 Å². The largest absolute Gasteiger partial charge is 0.481 e. The van der Waals surface area contributed by atoms with Gasteiger partial charge in [0.25, 0.3) is 0 Å². The molecule has 0 radical (unpaired) electrons. The molecule has 22 heavy (non-hydrogen) atoms. The Morgan fingerprint density at radius 2 is 2.05 bits per heavy atom. The first-order valence-corrected chi connectivity index (χ1v) is 7.14. The van der Waals surface area contributed by atoms with E-state index in [1.165, 1.54) is 0 Å². The van der Waals surface area contributed by atoms with Crippen LogP contribution in [-0.2, 0) is 30.4 Å². The van der Waals surface area contributed by atoms with Crippen molar-refractivity contribution in [2.24, 2.45) is 5.92 Å². The maximum absolute atomic E-state index is 11.7. The molecule has 0 spiro atoms. The van der Waals surface area contributed by atoms with Crippen molar-refractivity contribution in [3.63, 3.8) is 0 Å². The number of hydrogen-bond donors (Lipinski definition) is 1. The van der Waals surface area contributed by atoms with Crippen LogP contribution in [0.25, 0.3) is 0 Å². The average molecular weight is 308 g/mol. The lowest BCUT2D eigenvalue weighted by Crippen LogP contribution is -2.34. The number of carboxylic acids is 1. The van der Waals surface area contributed by atoms with Gasteiger partial charge >= 0.3 is 11.9 Å². The van der Waals surface area contributed by atoms with E-state index in [0.29, 0.717) is 6.61 Å². The highest BCUT2D eigenvalue weighted by Crippen LogP contribution is 2.29. The van der Waals surface area contributed by atoms with Crippen LogP contribution in [0.3, 0.4) is 0 Å². The van der Waals surface area contributed by atoms with E-state index in [1.54, 1.807) is 13.8 Å². The third kappa shape index (κ3) is 4.29. The van der Waals surface area contributed by atoms with Gasteiger partial charge in [0, 0.05) is 20.5 Å². The van der Waals surface area contributed by atoms with Crippen LogP contribution in [0.2, 0.25) is 0 Å². The van der Waals surface area contributed by atoms with E-state index in [2.05, 4.69) is 0 Å². The van der Waals surface area contributed by atoms with Gasteiger partial charge in [-0.2, -0.15) is 0 Å². The molecule has 6 heteroatoms. The number of esters is 1.